The zero-order valence-electron chi connectivity index (χ0n) is 33.9. The van der Waals surface area contributed by atoms with E-state index in [2.05, 4.69) is 217 Å². The Bertz CT molecular complexity index is 3390. The number of nitrogens with zero attached hydrogens (tertiary/aromatic N) is 1. The summed E-state index contributed by atoms with van der Waals surface area (Å²) in [5, 5.41) is 12.5. The second-order valence-electron chi connectivity index (χ2n) is 17.1. The Kier molecular flexibility index (Phi) is 7.97. The third kappa shape index (κ3) is 5.68. The molecule has 0 bridgehead atoms. The van der Waals surface area contributed by atoms with Crippen LogP contribution in [-0.4, -0.2) is 5.84 Å². The number of hydrogen-bond acceptors (Lipinski definition) is 4. The summed E-state index contributed by atoms with van der Waals surface area (Å²) in [6.45, 7) is 0. The average Bonchev–Trinajstić information content (AvgIpc) is 3.99. The van der Waals surface area contributed by atoms with Crippen molar-refractivity contribution in [2.24, 2.45) is 4.99 Å². The van der Waals surface area contributed by atoms with Gasteiger partial charge in [-0.15, -0.1) is 0 Å². The van der Waals surface area contributed by atoms with Crippen molar-refractivity contribution in [2.45, 2.75) is 30.1 Å². The van der Waals surface area contributed by atoms with E-state index in [1.165, 1.54) is 49.7 Å². The minimum absolute atomic E-state index is 0.263. The maximum atomic E-state index is 7.28. The molecule has 13 rings (SSSR count). The Balaban J connectivity index is 1.00. The monoisotopic (exact) mass is 795 g/mol. The number of fused-ring (bicyclic) bond motifs is 10. The SMILES string of the molecule is c1ccc(C2=NC(c3ccccc3)NC(c3cc(-c4ccc5ccccc5c4)cc4oc5c(C6C7c8ccccc8-c8ccc(-c9ccccc9)cc8C76)cccc5c34)N2)cc1. The zero-order valence-corrected chi connectivity index (χ0v) is 33.9. The van der Waals surface area contributed by atoms with Gasteiger partial charge in [-0.2, -0.15) is 0 Å². The lowest BCUT2D eigenvalue weighted by Crippen LogP contribution is -2.45. The Hall–Kier alpha value is -7.53. The highest BCUT2D eigenvalue weighted by molar-refractivity contribution is 6.10. The lowest BCUT2D eigenvalue weighted by atomic mass is 9.84. The molecule has 62 heavy (non-hydrogen) atoms. The van der Waals surface area contributed by atoms with Crippen molar-refractivity contribution in [3.05, 3.63) is 240 Å². The minimum Gasteiger partial charge on any atom is -0.456 e. The largest absolute Gasteiger partial charge is 0.456 e. The number of aliphatic imine (C=N–C) groups is 1. The molecule has 5 unspecified atom stereocenters. The molecule has 294 valence electrons. The number of furan rings is 1. The average molecular weight is 796 g/mol. The topological polar surface area (TPSA) is 49.6 Å². The van der Waals surface area contributed by atoms with Crippen molar-refractivity contribution in [1.82, 2.24) is 10.6 Å². The smallest absolute Gasteiger partial charge is 0.138 e. The van der Waals surface area contributed by atoms with Gasteiger partial charge in [0.2, 0.25) is 0 Å². The molecule has 2 N–H and O–H groups in total. The van der Waals surface area contributed by atoms with E-state index < -0.39 is 0 Å². The molecule has 5 atom stereocenters. The molecule has 9 aromatic carbocycles. The van der Waals surface area contributed by atoms with Crippen LogP contribution in [0.4, 0.5) is 0 Å². The van der Waals surface area contributed by atoms with Crippen LogP contribution in [0.5, 0.6) is 0 Å². The van der Waals surface area contributed by atoms with Gasteiger partial charge in [-0.3, -0.25) is 5.32 Å². The third-order valence-corrected chi connectivity index (χ3v) is 13.6. The van der Waals surface area contributed by atoms with E-state index >= 15 is 0 Å². The van der Waals surface area contributed by atoms with Gasteiger partial charge < -0.3 is 9.73 Å². The number of nitrogens with one attached hydrogen (secondary N) is 2. The van der Waals surface area contributed by atoms with Crippen LogP contribution < -0.4 is 10.6 Å². The highest BCUT2D eigenvalue weighted by Gasteiger charge is 2.57. The van der Waals surface area contributed by atoms with Crippen LogP contribution in [0.1, 0.15) is 63.5 Å². The van der Waals surface area contributed by atoms with Gasteiger partial charge >= 0.3 is 0 Å². The van der Waals surface area contributed by atoms with Crippen LogP contribution in [0.3, 0.4) is 0 Å². The summed E-state index contributed by atoms with van der Waals surface area (Å²) in [5.41, 5.74) is 16.8. The molecule has 1 aromatic heterocycles. The summed E-state index contributed by atoms with van der Waals surface area (Å²) in [4.78, 5) is 5.26. The van der Waals surface area contributed by atoms with E-state index in [-0.39, 0.29) is 18.2 Å². The minimum atomic E-state index is -0.279. The number of amidine groups is 1. The standard InChI is InChI=1S/C58H41N3O/c1-4-15-35(16-5-1)41-29-30-44-43-23-12-13-24-45(43)52-53(54(52)48(44)32-41)47-26-14-25-46-51-49(33-42(34-50(51)62-55(46)47)40-28-27-36-17-10-11-22-39(36)31-40)58-60-56(37-18-6-2-7-19-37)59-57(61-58)38-20-8-3-9-21-38/h1-34,52-54,56,58,60H,(H,59,61). The first-order valence-corrected chi connectivity index (χ1v) is 21.7. The lowest BCUT2D eigenvalue weighted by Gasteiger charge is -2.32. The quantitative estimate of drug-likeness (QED) is 0.176. The van der Waals surface area contributed by atoms with Crippen LogP contribution in [0.25, 0.3) is 66.1 Å². The molecule has 3 aliphatic rings. The summed E-state index contributed by atoms with van der Waals surface area (Å²) in [6.07, 6.45) is -0.541. The van der Waals surface area contributed by atoms with E-state index in [1.807, 2.05) is 0 Å². The summed E-state index contributed by atoms with van der Waals surface area (Å²) in [5.74, 6) is 1.86. The third-order valence-electron chi connectivity index (χ3n) is 13.6. The van der Waals surface area contributed by atoms with Gasteiger partial charge in [0.1, 0.15) is 29.3 Å². The van der Waals surface area contributed by atoms with E-state index in [0.717, 1.165) is 55.6 Å². The van der Waals surface area contributed by atoms with Crippen molar-refractivity contribution in [2.75, 3.05) is 0 Å². The van der Waals surface area contributed by atoms with Crippen LogP contribution >= 0.6 is 0 Å². The van der Waals surface area contributed by atoms with E-state index in [0.29, 0.717) is 11.8 Å². The fraction of sp³-hybridized carbons (Fsp3) is 0.0862. The van der Waals surface area contributed by atoms with Crippen LogP contribution in [0.15, 0.2) is 216 Å². The normalized spacial score (nSPS) is 19.9. The second kappa shape index (κ2) is 14.0. The van der Waals surface area contributed by atoms with Crippen molar-refractivity contribution < 1.29 is 4.42 Å². The van der Waals surface area contributed by atoms with Gasteiger partial charge in [0.25, 0.3) is 0 Å². The molecule has 4 nitrogen and oxygen atoms in total. The van der Waals surface area contributed by atoms with E-state index in [9.17, 15) is 0 Å². The summed E-state index contributed by atoms with van der Waals surface area (Å²) in [7, 11) is 0. The first-order chi connectivity index (χ1) is 30.7. The maximum Gasteiger partial charge on any atom is 0.138 e. The van der Waals surface area contributed by atoms with Gasteiger partial charge in [-0.05, 0) is 96.4 Å². The predicted octanol–water partition coefficient (Wildman–Crippen LogP) is 14.1. The fourth-order valence-electron chi connectivity index (χ4n) is 10.7. The van der Waals surface area contributed by atoms with Gasteiger partial charge in [0.15, 0.2) is 0 Å². The fourth-order valence-corrected chi connectivity index (χ4v) is 10.7. The Labute approximate surface area is 360 Å². The molecule has 1 saturated carbocycles. The predicted molar refractivity (Wildman–Crippen MR) is 253 cm³/mol. The number of para-hydroxylation sites is 1. The molecule has 1 aliphatic heterocycles. The summed E-state index contributed by atoms with van der Waals surface area (Å²) in [6, 6.07) is 74.7. The molecular formula is C58H41N3O. The molecule has 1 fully saturated rings. The van der Waals surface area contributed by atoms with E-state index in [4.69, 9.17) is 9.41 Å². The molecule has 2 heterocycles. The Morgan fingerprint density at radius 2 is 1.05 bits per heavy atom. The van der Waals surface area contributed by atoms with Crippen molar-refractivity contribution in [3.63, 3.8) is 0 Å². The molecule has 4 heteroatoms. The van der Waals surface area contributed by atoms with Crippen molar-refractivity contribution >= 4 is 38.5 Å². The van der Waals surface area contributed by atoms with Crippen molar-refractivity contribution in [3.8, 4) is 33.4 Å². The number of benzene rings is 9. The second-order valence-corrected chi connectivity index (χ2v) is 17.1. The highest BCUT2D eigenvalue weighted by atomic mass is 16.3. The van der Waals surface area contributed by atoms with Gasteiger partial charge in [0, 0.05) is 27.8 Å². The Morgan fingerprint density at radius 3 is 1.89 bits per heavy atom. The number of rotatable bonds is 6. The van der Waals surface area contributed by atoms with Gasteiger partial charge in [-0.25, -0.2) is 4.99 Å². The summed E-state index contributed by atoms with van der Waals surface area (Å²) < 4.78 is 7.28. The van der Waals surface area contributed by atoms with Crippen LogP contribution in [0, 0.1) is 0 Å². The molecular weight excluding hydrogens is 755 g/mol. The summed E-state index contributed by atoms with van der Waals surface area (Å²) >= 11 is 0. The van der Waals surface area contributed by atoms with Crippen LogP contribution in [0.2, 0.25) is 0 Å². The van der Waals surface area contributed by atoms with Crippen LogP contribution in [-0.2, 0) is 0 Å². The van der Waals surface area contributed by atoms with Gasteiger partial charge in [0.05, 0.1) is 0 Å². The van der Waals surface area contributed by atoms with Gasteiger partial charge in [-0.1, -0.05) is 188 Å². The maximum absolute atomic E-state index is 7.28. The van der Waals surface area contributed by atoms with E-state index in [1.54, 1.807) is 0 Å². The molecule has 0 amide bonds. The molecule has 2 aliphatic carbocycles. The zero-order chi connectivity index (χ0) is 40.7. The lowest BCUT2D eigenvalue weighted by molar-refractivity contribution is 0.411. The molecule has 0 radical (unpaired) electrons. The van der Waals surface area contributed by atoms with Crippen molar-refractivity contribution in [1.29, 1.82) is 0 Å². The molecule has 0 spiro atoms. The highest BCUT2D eigenvalue weighted by Crippen LogP contribution is 2.72. The molecule has 10 aromatic rings. The first-order valence-electron chi connectivity index (χ1n) is 21.7. The number of hydrogen-bond donors (Lipinski definition) is 2. The molecule has 0 saturated heterocycles. The first kappa shape index (κ1) is 35.2. The Morgan fingerprint density at radius 1 is 0.419 bits per heavy atom.